The quantitative estimate of drug-likeness (QED) is 0.810. The van der Waals surface area contributed by atoms with Crippen molar-refractivity contribution in [1.82, 2.24) is 4.98 Å². The number of nitrogens with one attached hydrogen (secondary N) is 1. The standard InChI is InChI=1S/C13H15NO4/c1-3-18-13(16)11(15)9-4-5-10-8(6-7-14-10)12(9)17-2/h4-7,11,14-15H,3H2,1-2H3. The molecule has 2 rings (SSSR count). The highest BCUT2D eigenvalue weighted by Crippen LogP contribution is 2.33. The van der Waals surface area contributed by atoms with Crippen LogP contribution in [0.4, 0.5) is 0 Å². The zero-order valence-corrected chi connectivity index (χ0v) is 10.3. The second-order valence-corrected chi connectivity index (χ2v) is 3.78. The van der Waals surface area contributed by atoms with Crippen LogP contribution in [0.25, 0.3) is 10.9 Å². The number of hydrogen-bond acceptors (Lipinski definition) is 4. The minimum absolute atomic E-state index is 0.227. The normalized spacial score (nSPS) is 12.4. The minimum atomic E-state index is -1.33. The smallest absolute Gasteiger partial charge is 0.339 e. The minimum Gasteiger partial charge on any atom is -0.496 e. The first-order valence-corrected chi connectivity index (χ1v) is 5.67. The number of aromatic nitrogens is 1. The first kappa shape index (κ1) is 12.4. The first-order valence-electron chi connectivity index (χ1n) is 5.67. The van der Waals surface area contributed by atoms with Crippen LogP contribution in [0, 0.1) is 0 Å². The van der Waals surface area contributed by atoms with Gasteiger partial charge in [0.1, 0.15) is 5.75 Å². The molecule has 0 aliphatic heterocycles. The van der Waals surface area contributed by atoms with E-state index in [0.29, 0.717) is 11.3 Å². The molecule has 5 nitrogen and oxygen atoms in total. The lowest BCUT2D eigenvalue weighted by molar-refractivity contribution is -0.153. The topological polar surface area (TPSA) is 71.5 Å². The average Bonchev–Trinajstić information content (AvgIpc) is 2.85. The highest BCUT2D eigenvalue weighted by Gasteiger charge is 2.23. The van der Waals surface area contributed by atoms with Crippen molar-refractivity contribution in [1.29, 1.82) is 0 Å². The molecule has 96 valence electrons. The number of hydrogen-bond donors (Lipinski definition) is 2. The fourth-order valence-electron chi connectivity index (χ4n) is 1.91. The van der Waals surface area contributed by atoms with Crippen molar-refractivity contribution in [3.05, 3.63) is 30.0 Å². The molecule has 0 aliphatic carbocycles. The third-order valence-corrected chi connectivity index (χ3v) is 2.72. The van der Waals surface area contributed by atoms with Gasteiger partial charge >= 0.3 is 5.97 Å². The molecule has 1 heterocycles. The van der Waals surface area contributed by atoms with Gasteiger partial charge in [-0.15, -0.1) is 0 Å². The van der Waals surface area contributed by atoms with Crippen LogP contribution in [0.3, 0.4) is 0 Å². The Kier molecular flexibility index (Phi) is 3.53. The molecular formula is C13H15NO4. The summed E-state index contributed by atoms with van der Waals surface area (Å²) in [5, 5.41) is 10.8. The number of methoxy groups -OCH3 is 1. The first-order chi connectivity index (χ1) is 8.69. The lowest BCUT2D eigenvalue weighted by Gasteiger charge is -2.14. The Hall–Kier alpha value is -2.01. The van der Waals surface area contributed by atoms with Gasteiger partial charge in [-0.25, -0.2) is 4.79 Å². The Labute approximate surface area is 104 Å². The van der Waals surface area contributed by atoms with E-state index in [1.54, 1.807) is 25.3 Å². The van der Waals surface area contributed by atoms with Crippen LogP contribution in [0.2, 0.25) is 0 Å². The molecule has 1 aromatic heterocycles. The molecular weight excluding hydrogens is 234 g/mol. The van der Waals surface area contributed by atoms with Crippen molar-refractivity contribution in [3.8, 4) is 5.75 Å². The van der Waals surface area contributed by atoms with Crippen LogP contribution in [-0.2, 0) is 9.53 Å². The molecule has 2 N–H and O–H groups in total. The summed E-state index contributed by atoms with van der Waals surface area (Å²) in [5.41, 5.74) is 1.29. The van der Waals surface area contributed by atoms with E-state index in [-0.39, 0.29) is 6.61 Å². The van der Waals surface area contributed by atoms with E-state index in [1.165, 1.54) is 7.11 Å². The zero-order valence-electron chi connectivity index (χ0n) is 10.3. The number of ether oxygens (including phenoxy) is 2. The molecule has 0 fully saturated rings. The Morgan fingerprint density at radius 2 is 2.22 bits per heavy atom. The van der Waals surface area contributed by atoms with Gasteiger partial charge in [0, 0.05) is 22.7 Å². The molecule has 0 aliphatic rings. The van der Waals surface area contributed by atoms with Crippen molar-refractivity contribution >= 4 is 16.9 Å². The number of aromatic amines is 1. The maximum atomic E-state index is 11.6. The molecule has 1 atom stereocenters. The number of fused-ring (bicyclic) bond motifs is 1. The second kappa shape index (κ2) is 5.10. The van der Waals surface area contributed by atoms with Crippen LogP contribution in [0.15, 0.2) is 24.4 Å². The highest BCUT2D eigenvalue weighted by atomic mass is 16.5. The van der Waals surface area contributed by atoms with Gasteiger partial charge in [-0.05, 0) is 25.1 Å². The van der Waals surface area contributed by atoms with Gasteiger partial charge in [0.05, 0.1) is 13.7 Å². The predicted molar refractivity (Wildman–Crippen MR) is 66.4 cm³/mol. The monoisotopic (exact) mass is 249 g/mol. The fraction of sp³-hybridized carbons (Fsp3) is 0.308. The summed E-state index contributed by atoms with van der Waals surface area (Å²) in [7, 11) is 1.50. The van der Waals surface area contributed by atoms with Crippen molar-refractivity contribution in [2.24, 2.45) is 0 Å². The number of H-pyrrole nitrogens is 1. The zero-order chi connectivity index (χ0) is 13.1. The van der Waals surface area contributed by atoms with Gasteiger partial charge in [-0.2, -0.15) is 0 Å². The van der Waals surface area contributed by atoms with Crippen LogP contribution in [0.5, 0.6) is 5.75 Å². The number of rotatable bonds is 4. The number of carbonyl (C=O) groups is 1. The molecule has 1 unspecified atom stereocenters. The molecule has 0 amide bonds. The molecule has 0 radical (unpaired) electrons. The average molecular weight is 249 g/mol. The van der Waals surface area contributed by atoms with Gasteiger partial charge in [-0.1, -0.05) is 0 Å². The van der Waals surface area contributed by atoms with Crippen LogP contribution >= 0.6 is 0 Å². The van der Waals surface area contributed by atoms with Gasteiger partial charge in [-0.3, -0.25) is 0 Å². The lowest BCUT2D eigenvalue weighted by Crippen LogP contribution is -2.16. The molecule has 5 heteroatoms. The Morgan fingerprint density at radius 1 is 1.44 bits per heavy atom. The largest absolute Gasteiger partial charge is 0.496 e. The maximum Gasteiger partial charge on any atom is 0.339 e. The summed E-state index contributed by atoms with van der Waals surface area (Å²) in [5.74, 6) is -0.194. The van der Waals surface area contributed by atoms with Crippen molar-refractivity contribution in [3.63, 3.8) is 0 Å². The van der Waals surface area contributed by atoms with E-state index in [4.69, 9.17) is 9.47 Å². The highest BCUT2D eigenvalue weighted by molar-refractivity contribution is 5.89. The van der Waals surface area contributed by atoms with Crippen molar-refractivity contribution < 1.29 is 19.4 Å². The van der Waals surface area contributed by atoms with E-state index >= 15 is 0 Å². The van der Waals surface area contributed by atoms with Crippen LogP contribution in [-0.4, -0.2) is 29.8 Å². The summed E-state index contributed by atoms with van der Waals surface area (Å²) in [4.78, 5) is 14.6. The summed E-state index contributed by atoms with van der Waals surface area (Å²) in [6.45, 7) is 1.92. The van der Waals surface area contributed by atoms with Gasteiger partial charge in [0.15, 0.2) is 6.10 Å². The SMILES string of the molecule is CCOC(=O)C(O)c1ccc2[nH]ccc2c1OC. The van der Waals surface area contributed by atoms with E-state index < -0.39 is 12.1 Å². The Balaban J connectivity index is 2.46. The molecule has 2 aromatic rings. The van der Waals surface area contributed by atoms with Gasteiger partial charge < -0.3 is 19.6 Å². The fourth-order valence-corrected chi connectivity index (χ4v) is 1.91. The Morgan fingerprint density at radius 3 is 2.89 bits per heavy atom. The number of esters is 1. The number of aliphatic hydroxyl groups is 1. The van der Waals surface area contributed by atoms with Crippen molar-refractivity contribution in [2.75, 3.05) is 13.7 Å². The van der Waals surface area contributed by atoms with E-state index in [1.807, 2.05) is 6.07 Å². The van der Waals surface area contributed by atoms with Crippen LogP contribution in [0.1, 0.15) is 18.6 Å². The maximum absolute atomic E-state index is 11.6. The number of benzene rings is 1. The van der Waals surface area contributed by atoms with Crippen LogP contribution < -0.4 is 4.74 Å². The second-order valence-electron chi connectivity index (χ2n) is 3.78. The summed E-state index contributed by atoms with van der Waals surface area (Å²) < 4.78 is 10.1. The third-order valence-electron chi connectivity index (χ3n) is 2.72. The molecule has 1 aromatic carbocycles. The summed E-state index contributed by atoms with van der Waals surface area (Å²) >= 11 is 0. The molecule has 0 saturated heterocycles. The van der Waals surface area contributed by atoms with E-state index in [0.717, 1.165) is 10.9 Å². The Bertz CT molecular complexity index is 561. The molecule has 0 spiro atoms. The summed E-state index contributed by atoms with van der Waals surface area (Å²) in [6.07, 6.45) is 0.437. The molecule has 18 heavy (non-hydrogen) atoms. The number of aliphatic hydroxyl groups excluding tert-OH is 1. The predicted octanol–water partition coefficient (Wildman–Crippen LogP) is 1.77. The lowest BCUT2D eigenvalue weighted by atomic mass is 10.1. The number of carbonyl (C=O) groups excluding carboxylic acids is 1. The van der Waals surface area contributed by atoms with E-state index in [9.17, 15) is 9.90 Å². The van der Waals surface area contributed by atoms with Gasteiger partial charge in [0.25, 0.3) is 0 Å². The third kappa shape index (κ3) is 2.04. The van der Waals surface area contributed by atoms with Crippen molar-refractivity contribution in [2.45, 2.75) is 13.0 Å². The summed E-state index contributed by atoms with van der Waals surface area (Å²) in [6, 6.07) is 5.27. The van der Waals surface area contributed by atoms with Gasteiger partial charge in [0.2, 0.25) is 0 Å². The molecule has 0 bridgehead atoms. The molecule has 0 saturated carbocycles. The van der Waals surface area contributed by atoms with E-state index in [2.05, 4.69) is 4.98 Å².